The van der Waals surface area contributed by atoms with Crippen molar-refractivity contribution in [3.8, 4) is 119 Å². The number of aliphatic hydroxyl groups is 1. The third-order valence-electron chi connectivity index (χ3n) is 26.7. The highest BCUT2D eigenvalue weighted by Gasteiger charge is 2.33. The molecule has 0 bridgehead atoms. The topological polar surface area (TPSA) is 300 Å². The van der Waals surface area contributed by atoms with Crippen LogP contribution in [0, 0.1) is 48.5 Å². The number of carboxylic acid groups (broad SMARTS) is 3. The first-order valence-corrected chi connectivity index (χ1v) is 48.3. The van der Waals surface area contributed by atoms with Gasteiger partial charge < -0.3 is 101 Å². The van der Waals surface area contributed by atoms with E-state index in [9.17, 15) is 24.6 Å². The maximum Gasteiger partial charge on any atom is 0.304 e. The molecular formula is C116H122O24. The monoisotopic (exact) mass is 1900 g/mol. The second-order valence-corrected chi connectivity index (χ2v) is 37.3. The number of aliphatic hydroxyl groups excluding tert-OH is 1. The summed E-state index contributed by atoms with van der Waals surface area (Å²) in [6.07, 6.45) is 5.36. The number of aryl methyl sites for hydroxylation is 7. The summed E-state index contributed by atoms with van der Waals surface area (Å²) in [5.74, 6) is 7.10. The molecule has 4 fully saturated rings. The fourth-order valence-corrected chi connectivity index (χ4v) is 19.8. The molecule has 0 aromatic heterocycles. The van der Waals surface area contributed by atoms with Crippen molar-refractivity contribution in [1.29, 1.82) is 0 Å². The molecule has 0 aliphatic carbocycles. The second kappa shape index (κ2) is 45.5. The van der Waals surface area contributed by atoms with Gasteiger partial charge in [0.2, 0.25) is 0 Å². The molecule has 0 radical (unpaired) electrons. The molecule has 8 heterocycles. The zero-order valence-corrected chi connectivity index (χ0v) is 80.5. The minimum absolute atomic E-state index is 0.0509. The fourth-order valence-electron chi connectivity index (χ4n) is 19.8. The summed E-state index contributed by atoms with van der Waals surface area (Å²) in [6.45, 7) is 25.7. The standard InChI is InChI=1S/C29H30O7.2C29H30O6.C29H32O5/c1-18-9-25(36-24-7-8-33-17-24)11-21(14-30)29(18)20-4-2-3-19(10-20)15-34-23-5-6-26-22(12-28(31)32)16-35-27(26)13-23;2*1-18-10-25(35-24-8-9-32-17-24)11-19(2)29(18)21-5-3-4-20(12-21)15-33-23-6-7-26-22(13-28(30)31)16-34-27(26)14-23;1-4-20-15-33-28-14-23(6-7-26(20)28)32-16-22-13-21(5-8-27(22)30)29-18(2)11-25(12-19(29)3)34-24-9-10-31-17-24/h2-6,9-11,13,22,24,30H,7-8,12,14-17H2,1H3,(H,31,32);2*3-7,10-12,14,22,24H,8-9,13,15-17H2,1-2H3,(H,30,31);5-8,11-14,20,24,30H,4,9-10,15-17H2,1-3H3/t22-,24-;22-,24+;22-,24-;20-,24-/m1001/s1. The molecule has 730 valence electrons. The summed E-state index contributed by atoms with van der Waals surface area (Å²) >= 11 is 0. The Hall–Kier alpha value is -13.8. The van der Waals surface area contributed by atoms with Crippen LogP contribution in [-0.2, 0) is 66.4 Å². The van der Waals surface area contributed by atoms with Gasteiger partial charge in [0.05, 0.1) is 105 Å². The van der Waals surface area contributed by atoms with Crippen LogP contribution in [0.3, 0.4) is 0 Å². The van der Waals surface area contributed by atoms with Crippen molar-refractivity contribution in [3.63, 3.8) is 0 Å². The van der Waals surface area contributed by atoms with E-state index in [0.29, 0.717) is 113 Å². The van der Waals surface area contributed by atoms with E-state index in [1.54, 1.807) is 6.07 Å². The van der Waals surface area contributed by atoms with Crippen molar-refractivity contribution in [2.45, 2.75) is 188 Å². The largest absolute Gasteiger partial charge is 0.508 e. The van der Waals surface area contributed by atoms with Gasteiger partial charge in [-0.2, -0.15) is 0 Å². The van der Waals surface area contributed by atoms with Gasteiger partial charge in [0, 0.05) is 101 Å². The maximum absolute atomic E-state index is 11.1. The maximum atomic E-state index is 11.1. The summed E-state index contributed by atoms with van der Waals surface area (Å²) in [4.78, 5) is 33.2. The minimum atomic E-state index is -0.832. The smallest absolute Gasteiger partial charge is 0.304 e. The molecule has 0 saturated carbocycles. The zero-order chi connectivity index (χ0) is 97.5. The summed E-state index contributed by atoms with van der Waals surface area (Å²) in [7, 11) is 0. The van der Waals surface area contributed by atoms with Crippen molar-refractivity contribution < 1.29 is 116 Å². The summed E-state index contributed by atoms with van der Waals surface area (Å²) in [6, 6.07) is 69.9. The number of rotatable bonds is 32. The molecule has 8 aliphatic rings. The van der Waals surface area contributed by atoms with Gasteiger partial charge >= 0.3 is 17.9 Å². The number of phenolic OH excluding ortho intramolecular Hbond substituents is 1. The lowest BCUT2D eigenvalue weighted by Crippen LogP contribution is -2.16. The quantitative estimate of drug-likeness (QED) is 0.0262. The lowest BCUT2D eigenvalue weighted by molar-refractivity contribution is -0.138. The first-order chi connectivity index (χ1) is 67.9. The van der Waals surface area contributed by atoms with Gasteiger partial charge in [0.25, 0.3) is 0 Å². The number of hydrogen-bond donors (Lipinski definition) is 5. The first kappa shape index (κ1) is 97.9. The van der Waals surface area contributed by atoms with Crippen LogP contribution >= 0.6 is 0 Å². The SMILES string of the molecule is CC[C@@H]1COc2cc(OCc3cc(-c4c(C)cc(O[C@@H]5CCOC5)cc4C)ccc3O)ccc21.Cc1cc(O[C@@H]2CCOC2)cc(C)c1-c1cccc(COc2ccc3c(c2)OC[C@@H]3CC(=O)O)c1.Cc1cc(O[C@@H]2CCOC2)cc(CO)c1-c1cccc(COc2ccc3c(c2)OC[C@H]3CC(=O)O)c1.Cc1cc(O[C@H]2CCOC2)cc(C)c1-c1cccc(COc2ccc3c(c2)OC[C@@H]3CC(=O)O)c1. The molecule has 5 N–H and O–H groups in total. The van der Waals surface area contributed by atoms with E-state index in [0.717, 1.165) is 188 Å². The predicted octanol–water partition coefficient (Wildman–Crippen LogP) is 22.5. The fraction of sp³-hybridized carbons (Fsp3) is 0.353. The zero-order valence-electron chi connectivity index (χ0n) is 80.5. The number of ether oxygens (including phenoxy) is 16. The number of fused-ring (bicyclic) bond motifs is 4. The van der Waals surface area contributed by atoms with Crippen LogP contribution in [0.4, 0.5) is 0 Å². The van der Waals surface area contributed by atoms with Gasteiger partial charge in [-0.25, -0.2) is 0 Å². The Morgan fingerprint density at radius 3 is 0.907 bits per heavy atom. The number of aliphatic carboxylic acids is 3. The second-order valence-electron chi connectivity index (χ2n) is 37.3. The predicted molar refractivity (Wildman–Crippen MR) is 531 cm³/mol. The molecule has 24 nitrogen and oxygen atoms in total. The number of hydrogen-bond acceptors (Lipinski definition) is 21. The third kappa shape index (κ3) is 24.6. The minimum Gasteiger partial charge on any atom is -0.508 e. The van der Waals surface area contributed by atoms with Gasteiger partial charge in [0.15, 0.2) is 0 Å². The lowest BCUT2D eigenvalue weighted by atomic mass is 9.94. The van der Waals surface area contributed by atoms with Crippen LogP contribution in [0.15, 0.2) is 212 Å². The Bertz CT molecular complexity index is 6150. The van der Waals surface area contributed by atoms with E-state index in [1.807, 2.05) is 116 Å². The molecular weight excluding hydrogens is 1780 g/mol. The van der Waals surface area contributed by atoms with E-state index in [1.165, 1.54) is 38.9 Å². The molecule has 0 spiro atoms. The van der Waals surface area contributed by atoms with Crippen molar-refractivity contribution in [1.82, 2.24) is 0 Å². The van der Waals surface area contributed by atoms with Crippen molar-refractivity contribution in [2.75, 3.05) is 79.3 Å². The molecule has 140 heavy (non-hydrogen) atoms. The summed E-state index contributed by atoms with van der Waals surface area (Å²) < 4.78 is 93.2. The lowest BCUT2D eigenvalue weighted by Gasteiger charge is -2.18. The molecule has 20 rings (SSSR count). The van der Waals surface area contributed by atoms with Crippen LogP contribution in [-0.4, -0.2) is 147 Å². The number of phenols is 1. The molecule has 12 aromatic carbocycles. The molecule has 8 atom stereocenters. The molecule has 12 aromatic rings. The highest BCUT2D eigenvalue weighted by Crippen LogP contribution is 2.46. The van der Waals surface area contributed by atoms with Gasteiger partial charge in [-0.1, -0.05) is 91.9 Å². The van der Waals surface area contributed by atoms with Gasteiger partial charge in [-0.15, -0.1) is 0 Å². The number of carboxylic acids is 3. The Morgan fingerprint density at radius 2 is 0.600 bits per heavy atom. The summed E-state index contributed by atoms with van der Waals surface area (Å²) in [5.41, 5.74) is 25.6. The molecule has 0 unspecified atom stereocenters. The third-order valence-corrected chi connectivity index (χ3v) is 26.7. The normalized spacial score (nSPS) is 18.7. The number of carbonyl (C=O) groups is 3. The van der Waals surface area contributed by atoms with Crippen LogP contribution in [0.5, 0.6) is 74.7 Å². The van der Waals surface area contributed by atoms with Gasteiger partial charge in [-0.3, -0.25) is 14.4 Å². The van der Waals surface area contributed by atoms with Crippen LogP contribution in [0.2, 0.25) is 0 Å². The average molecular weight is 1900 g/mol. The molecule has 4 saturated heterocycles. The molecule has 0 amide bonds. The van der Waals surface area contributed by atoms with Gasteiger partial charge in [-0.05, 0) is 264 Å². The number of benzene rings is 12. The Labute approximate surface area is 816 Å². The molecule has 8 aliphatic heterocycles. The Balaban J connectivity index is 0.000000129. The Morgan fingerprint density at radius 1 is 0.307 bits per heavy atom. The highest BCUT2D eigenvalue weighted by molar-refractivity contribution is 5.77. The van der Waals surface area contributed by atoms with Crippen LogP contribution in [0.25, 0.3) is 44.5 Å². The van der Waals surface area contributed by atoms with E-state index in [2.05, 4.69) is 146 Å². The Kier molecular flexibility index (Phi) is 31.8. The average Bonchev–Trinajstić information content (AvgIpc) is 1.28. The van der Waals surface area contributed by atoms with Crippen LogP contribution < -0.4 is 56.8 Å². The van der Waals surface area contributed by atoms with Crippen molar-refractivity contribution >= 4 is 17.9 Å². The van der Waals surface area contributed by atoms with E-state index >= 15 is 0 Å². The van der Waals surface area contributed by atoms with Crippen molar-refractivity contribution in [3.05, 3.63) is 301 Å². The summed E-state index contributed by atoms with van der Waals surface area (Å²) in [5, 5.41) is 47.8. The number of aromatic hydroxyl groups is 1. The van der Waals surface area contributed by atoms with E-state index < -0.39 is 17.9 Å². The molecule has 24 heteroatoms. The van der Waals surface area contributed by atoms with E-state index in [-0.39, 0.29) is 80.4 Å². The van der Waals surface area contributed by atoms with E-state index in [4.69, 9.17) is 91.1 Å². The highest BCUT2D eigenvalue weighted by atomic mass is 16.6. The van der Waals surface area contributed by atoms with Crippen LogP contribution in [0.1, 0.15) is 171 Å². The van der Waals surface area contributed by atoms with Crippen molar-refractivity contribution in [2.24, 2.45) is 0 Å². The van der Waals surface area contributed by atoms with Gasteiger partial charge in [0.1, 0.15) is 126 Å². The first-order valence-electron chi connectivity index (χ1n) is 48.3.